The van der Waals surface area contributed by atoms with Crippen LogP contribution in [0.5, 0.6) is 0 Å². The van der Waals surface area contributed by atoms with E-state index in [1.54, 1.807) is 12.4 Å². The maximum absolute atomic E-state index is 12.2. The molecule has 2 rings (SSSR count). The molecule has 1 unspecified atom stereocenters. The Morgan fingerprint density at radius 1 is 1.35 bits per heavy atom. The molecule has 0 aliphatic carbocycles. The summed E-state index contributed by atoms with van der Waals surface area (Å²) in [6, 6.07) is 0. The van der Waals surface area contributed by atoms with E-state index in [0.29, 0.717) is 19.6 Å². The number of aromatic nitrogens is 2. The molecule has 1 amide bonds. The van der Waals surface area contributed by atoms with Crippen LogP contribution >= 0.6 is 15.9 Å². The molecule has 0 saturated carbocycles. The summed E-state index contributed by atoms with van der Waals surface area (Å²) in [7, 11) is 0. The highest BCUT2D eigenvalue weighted by Gasteiger charge is 2.25. The highest BCUT2D eigenvalue weighted by Crippen LogP contribution is 2.15. The number of anilines is 1. The largest absolute Gasteiger partial charge is 0.339 e. The van der Waals surface area contributed by atoms with Gasteiger partial charge in [-0.15, -0.1) is 0 Å². The lowest BCUT2D eigenvalue weighted by atomic mass is 10.1. The number of amides is 1. The minimum atomic E-state index is 0.00970. The van der Waals surface area contributed by atoms with Gasteiger partial charge in [0.15, 0.2) is 0 Å². The van der Waals surface area contributed by atoms with Crippen LogP contribution in [0, 0.1) is 5.92 Å². The van der Waals surface area contributed by atoms with Crippen LogP contribution in [0.3, 0.4) is 0 Å². The third-order valence-corrected chi connectivity index (χ3v) is 3.91. The SMILES string of the molecule is CC(CCN)C(=O)N1CCN(c2ncc(Br)cn2)CC1. The maximum atomic E-state index is 12.2. The van der Waals surface area contributed by atoms with E-state index in [1.165, 1.54) is 0 Å². The van der Waals surface area contributed by atoms with Crippen LogP contribution in [0.1, 0.15) is 13.3 Å². The van der Waals surface area contributed by atoms with Gasteiger partial charge in [0.25, 0.3) is 0 Å². The molecule has 6 nitrogen and oxygen atoms in total. The van der Waals surface area contributed by atoms with Crippen LogP contribution in [-0.2, 0) is 4.79 Å². The highest BCUT2D eigenvalue weighted by molar-refractivity contribution is 9.10. The van der Waals surface area contributed by atoms with Crippen LogP contribution < -0.4 is 10.6 Å². The first-order valence-corrected chi connectivity index (χ1v) is 7.62. The van der Waals surface area contributed by atoms with E-state index in [-0.39, 0.29) is 11.8 Å². The molecule has 7 heteroatoms. The van der Waals surface area contributed by atoms with E-state index in [1.807, 2.05) is 11.8 Å². The van der Waals surface area contributed by atoms with Crippen molar-refractivity contribution in [2.75, 3.05) is 37.6 Å². The molecule has 0 aromatic carbocycles. The molecule has 2 heterocycles. The minimum absolute atomic E-state index is 0.00970. The normalized spacial score (nSPS) is 17.1. The number of nitrogens with zero attached hydrogens (tertiary/aromatic N) is 4. The first-order valence-electron chi connectivity index (χ1n) is 6.83. The molecular formula is C13H20BrN5O. The van der Waals surface area contributed by atoms with Crippen molar-refractivity contribution in [1.29, 1.82) is 0 Å². The Bertz CT molecular complexity index is 445. The van der Waals surface area contributed by atoms with Crippen LogP contribution in [0.15, 0.2) is 16.9 Å². The van der Waals surface area contributed by atoms with Crippen molar-refractivity contribution in [2.45, 2.75) is 13.3 Å². The zero-order chi connectivity index (χ0) is 14.5. The van der Waals surface area contributed by atoms with Crippen molar-refractivity contribution in [1.82, 2.24) is 14.9 Å². The van der Waals surface area contributed by atoms with Crippen LogP contribution in [0.2, 0.25) is 0 Å². The first-order chi connectivity index (χ1) is 9.61. The van der Waals surface area contributed by atoms with Gasteiger partial charge >= 0.3 is 0 Å². The second kappa shape index (κ2) is 6.99. The summed E-state index contributed by atoms with van der Waals surface area (Å²) in [5.74, 6) is 0.928. The monoisotopic (exact) mass is 341 g/mol. The van der Waals surface area contributed by atoms with Gasteiger partial charge in [-0.2, -0.15) is 0 Å². The summed E-state index contributed by atoms with van der Waals surface area (Å²) in [6.07, 6.45) is 4.22. The van der Waals surface area contributed by atoms with Crippen molar-refractivity contribution in [2.24, 2.45) is 11.7 Å². The van der Waals surface area contributed by atoms with Gasteiger partial charge in [0.1, 0.15) is 0 Å². The zero-order valence-corrected chi connectivity index (χ0v) is 13.2. The van der Waals surface area contributed by atoms with Crippen molar-refractivity contribution < 1.29 is 4.79 Å². The number of hydrogen-bond donors (Lipinski definition) is 1. The Morgan fingerprint density at radius 2 is 1.95 bits per heavy atom. The van der Waals surface area contributed by atoms with E-state index in [4.69, 9.17) is 5.73 Å². The molecular weight excluding hydrogens is 322 g/mol. The number of piperazine rings is 1. The van der Waals surface area contributed by atoms with Gasteiger partial charge in [-0.3, -0.25) is 4.79 Å². The Morgan fingerprint density at radius 3 is 2.50 bits per heavy atom. The number of hydrogen-bond acceptors (Lipinski definition) is 5. The second-order valence-electron chi connectivity index (χ2n) is 4.99. The number of rotatable bonds is 4. The summed E-state index contributed by atoms with van der Waals surface area (Å²) in [6.45, 7) is 5.46. The van der Waals surface area contributed by atoms with Gasteiger partial charge in [0, 0.05) is 44.5 Å². The van der Waals surface area contributed by atoms with Crippen LogP contribution in [-0.4, -0.2) is 53.5 Å². The number of halogens is 1. The molecule has 0 bridgehead atoms. The van der Waals surface area contributed by atoms with E-state index in [0.717, 1.165) is 29.9 Å². The smallest absolute Gasteiger partial charge is 0.225 e. The Kier molecular flexibility index (Phi) is 5.31. The first kappa shape index (κ1) is 15.2. The third-order valence-electron chi connectivity index (χ3n) is 3.50. The number of carbonyl (C=O) groups excluding carboxylic acids is 1. The predicted molar refractivity (Wildman–Crippen MR) is 81.4 cm³/mol. The van der Waals surface area contributed by atoms with E-state index >= 15 is 0 Å². The van der Waals surface area contributed by atoms with Crippen molar-refractivity contribution in [3.63, 3.8) is 0 Å². The Labute approximate surface area is 127 Å². The van der Waals surface area contributed by atoms with Gasteiger partial charge in [-0.05, 0) is 28.9 Å². The lowest BCUT2D eigenvalue weighted by Crippen LogP contribution is -2.50. The molecule has 0 spiro atoms. The van der Waals surface area contributed by atoms with Crippen LogP contribution in [0.4, 0.5) is 5.95 Å². The molecule has 2 N–H and O–H groups in total. The summed E-state index contributed by atoms with van der Waals surface area (Å²) < 4.78 is 0.866. The molecule has 1 aliphatic heterocycles. The molecule has 20 heavy (non-hydrogen) atoms. The Hall–Kier alpha value is -1.21. The molecule has 1 atom stereocenters. The fraction of sp³-hybridized carbons (Fsp3) is 0.615. The molecule has 1 aliphatic rings. The van der Waals surface area contributed by atoms with E-state index in [9.17, 15) is 4.79 Å². The van der Waals surface area contributed by atoms with Gasteiger partial charge in [-0.1, -0.05) is 6.92 Å². The average molecular weight is 342 g/mol. The average Bonchev–Trinajstić information content (AvgIpc) is 2.48. The standard InChI is InChI=1S/C13H20BrN5O/c1-10(2-3-15)12(20)18-4-6-19(7-5-18)13-16-8-11(14)9-17-13/h8-10H,2-7,15H2,1H3. The van der Waals surface area contributed by atoms with Crippen LogP contribution in [0.25, 0.3) is 0 Å². The fourth-order valence-corrected chi connectivity index (χ4v) is 2.49. The topological polar surface area (TPSA) is 75.4 Å². The summed E-state index contributed by atoms with van der Waals surface area (Å²) in [4.78, 5) is 24.8. The molecule has 1 aromatic heterocycles. The minimum Gasteiger partial charge on any atom is -0.339 e. The van der Waals surface area contributed by atoms with Crippen molar-refractivity contribution in [3.05, 3.63) is 16.9 Å². The quantitative estimate of drug-likeness (QED) is 0.879. The molecule has 1 saturated heterocycles. The number of nitrogens with two attached hydrogens (primary N) is 1. The Balaban J connectivity index is 1.89. The van der Waals surface area contributed by atoms with Gasteiger partial charge in [0.2, 0.25) is 11.9 Å². The molecule has 1 aromatic rings. The van der Waals surface area contributed by atoms with Gasteiger partial charge < -0.3 is 15.5 Å². The van der Waals surface area contributed by atoms with Gasteiger partial charge in [0.05, 0.1) is 4.47 Å². The fourth-order valence-electron chi connectivity index (χ4n) is 2.28. The van der Waals surface area contributed by atoms with E-state index in [2.05, 4.69) is 30.8 Å². The zero-order valence-electron chi connectivity index (χ0n) is 11.6. The highest BCUT2D eigenvalue weighted by atomic mass is 79.9. The van der Waals surface area contributed by atoms with E-state index < -0.39 is 0 Å². The lowest BCUT2D eigenvalue weighted by Gasteiger charge is -2.35. The summed E-state index contributed by atoms with van der Waals surface area (Å²) in [5, 5.41) is 0. The summed E-state index contributed by atoms with van der Waals surface area (Å²) >= 11 is 3.32. The predicted octanol–water partition coefficient (Wildman–Crippen LogP) is 0.873. The van der Waals surface area contributed by atoms with Crippen molar-refractivity contribution in [3.8, 4) is 0 Å². The van der Waals surface area contributed by atoms with Crippen molar-refractivity contribution >= 4 is 27.8 Å². The number of carbonyl (C=O) groups is 1. The molecule has 1 fully saturated rings. The second-order valence-corrected chi connectivity index (χ2v) is 5.91. The molecule has 110 valence electrons. The third kappa shape index (κ3) is 3.67. The summed E-state index contributed by atoms with van der Waals surface area (Å²) in [5.41, 5.74) is 5.51. The lowest BCUT2D eigenvalue weighted by molar-refractivity contribution is -0.135. The van der Waals surface area contributed by atoms with Gasteiger partial charge in [-0.25, -0.2) is 9.97 Å². The molecule has 0 radical (unpaired) electrons. The maximum Gasteiger partial charge on any atom is 0.225 e.